The molecule has 252 valence electrons. The number of piperidine rings is 1. The minimum atomic E-state index is -0.646. The van der Waals surface area contributed by atoms with Crippen LogP contribution in [-0.4, -0.2) is 78.1 Å². The standard InChI is InChI=1S/C38H45F2N7S/c1-25-10-15-47(19-25)48-44-33-9-8-32(39)34(35(33)40)26(2)31-18-43-36-30(31)16-28(17-42-36)27-4-6-29(7-5-27)46-23-38(24-46)21-45(22-38)20-37(3)11-13-41-14-12-37/h4-9,16-18,25,41,44H,2,10-15,19-24H2,1,3H3,(H,42,43). The molecule has 0 saturated carbocycles. The zero-order chi connectivity index (χ0) is 33.0. The fourth-order valence-electron chi connectivity index (χ4n) is 8.30. The number of benzene rings is 2. The van der Waals surface area contributed by atoms with Gasteiger partial charge in [0.1, 0.15) is 11.5 Å². The summed E-state index contributed by atoms with van der Waals surface area (Å²) in [4.78, 5) is 13.0. The number of hydrogen-bond acceptors (Lipinski definition) is 7. The van der Waals surface area contributed by atoms with E-state index in [1.54, 1.807) is 6.20 Å². The van der Waals surface area contributed by atoms with Crippen LogP contribution in [0.15, 0.2) is 61.4 Å². The molecule has 0 aliphatic carbocycles. The van der Waals surface area contributed by atoms with Crippen molar-refractivity contribution in [3.05, 3.63) is 84.2 Å². The Bertz CT molecular complexity index is 1820. The lowest BCUT2D eigenvalue weighted by atomic mass is 9.70. The van der Waals surface area contributed by atoms with E-state index >= 15 is 8.78 Å². The summed E-state index contributed by atoms with van der Waals surface area (Å²) in [6, 6.07) is 13.5. The van der Waals surface area contributed by atoms with Gasteiger partial charge in [0.2, 0.25) is 0 Å². The summed E-state index contributed by atoms with van der Waals surface area (Å²) in [5, 5.41) is 4.27. The SMILES string of the molecule is C=C(c1c(F)ccc(NSN2CCC(C)C2)c1F)c1c[nH]c2ncc(-c3ccc(N4CC5(CN(CC6(C)CCNCC6)C5)C4)cc3)cc12. The van der Waals surface area contributed by atoms with E-state index in [9.17, 15) is 0 Å². The van der Waals surface area contributed by atoms with Crippen molar-refractivity contribution in [3.8, 4) is 11.1 Å². The molecule has 8 rings (SSSR count). The van der Waals surface area contributed by atoms with Crippen molar-refractivity contribution in [3.63, 3.8) is 0 Å². The average molecular weight is 670 g/mol. The van der Waals surface area contributed by atoms with E-state index < -0.39 is 11.6 Å². The van der Waals surface area contributed by atoms with Crippen LogP contribution in [0.25, 0.3) is 27.7 Å². The number of fused-ring (bicyclic) bond motifs is 1. The van der Waals surface area contributed by atoms with Crippen LogP contribution in [0.4, 0.5) is 20.2 Å². The molecule has 10 heteroatoms. The van der Waals surface area contributed by atoms with Gasteiger partial charge >= 0.3 is 0 Å². The number of nitrogens with zero attached hydrogens (tertiary/aromatic N) is 4. The Morgan fingerprint density at radius 3 is 2.56 bits per heavy atom. The maximum Gasteiger partial charge on any atom is 0.157 e. The Kier molecular flexibility index (Phi) is 8.26. The second-order valence-electron chi connectivity index (χ2n) is 15.2. The van der Waals surface area contributed by atoms with Crippen molar-refractivity contribution >= 4 is 40.1 Å². The van der Waals surface area contributed by atoms with E-state index in [4.69, 9.17) is 0 Å². The third-order valence-electron chi connectivity index (χ3n) is 11.1. The zero-order valence-corrected chi connectivity index (χ0v) is 28.7. The molecule has 7 nitrogen and oxygen atoms in total. The number of likely N-dealkylation sites (tertiary alicyclic amines) is 1. The first-order valence-corrected chi connectivity index (χ1v) is 18.1. The molecule has 4 saturated heterocycles. The number of anilines is 2. The van der Waals surface area contributed by atoms with Crippen LogP contribution in [0.3, 0.4) is 0 Å². The molecule has 0 bridgehead atoms. The van der Waals surface area contributed by atoms with E-state index in [1.807, 2.05) is 12.3 Å². The molecule has 2 aromatic heterocycles. The first kappa shape index (κ1) is 31.8. The summed E-state index contributed by atoms with van der Waals surface area (Å²) in [5.41, 5.74) is 5.80. The minimum Gasteiger partial charge on any atom is -0.370 e. The molecular weight excluding hydrogens is 625 g/mol. The van der Waals surface area contributed by atoms with Crippen LogP contribution in [0.1, 0.15) is 44.2 Å². The van der Waals surface area contributed by atoms with Gasteiger partial charge in [-0.15, -0.1) is 0 Å². The third-order valence-corrected chi connectivity index (χ3v) is 12.0. The Labute approximate surface area is 286 Å². The van der Waals surface area contributed by atoms with Crippen molar-refractivity contribution in [2.75, 3.05) is 68.5 Å². The quantitative estimate of drug-likeness (QED) is 0.161. The number of aromatic amines is 1. The highest BCUT2D eigenvalue weighted by Gasteiger charge is 2.52. The third kappa shape index (κ3) is 6.01. The van der Waals surface area contributed by atoms with Gasteiger partial charge in [-0.05, 0) is 85.2 Å². The number of pyridine rings is 1. The second kappa shape index (κ2) is 12.5. The summed E-state index contributed by atoms with van der Waals surface area (Å²) in [6.07, 6.45) is 7.24. The molecule has 1 unspecified atom stereocenters. The summed E-state index contributed by atoms with van der Waals surface area (Å²) < 4.78 is 36.2. The van der Waals surface area contributed by atoms with Crippen molar-refractivity contribution in [1.29, 1.82) is 0 Å². The molecule has 4 fully saturated rings. The molecule has 3 N–H and O–H groups in total. The van der Waals surface area contributed by atoms with Crippen molar-refractivity contribution in [1.82, 2.24) is 24.5 Å². The summed E-state index contributed by atoms with van der Waals surface area (Å²) in [7, 11) is 0. The number of aromatic nitrogens is 2. The highest BCUT2D eigenvalue weighted by molar-refractivity contribution is 7.98. The highest BCUT2D eigenvalue weighted by Crippen LogP contribution is 2.44. The maximum absolute atomic E-state index is 15.8. The average Bonchev–Trinajstić information content (AvgIpc) is 3.67. The number of H-pyrrole nitrogens is 1. The predicted octanol–water partition coefficient (Wildman–Crippen LogP) is 7.40. The monoisotopic (exact) mass is 669 g/mol. The van der Waals surface area contributed by atoms with Crippen LogP contribution in [0.2, 0.25) is 0 Å². The highest BCUT2D eigenvalue weighted by atomic mass is 32.2. The number of rotatable bonds is 9. The molecule has 48 heavy (non-hydrogen) atoms. The fraction of sp³-hybridized carbons (Fsp3) is 0.447. The number of nitrogens with one attached hydrogen (secondary N) is 3. The van der Waals surface area contributed by atoms with Gasteiger partial charge in [0.05, 0.1) is 11.3 Å². The van der Waals surface area contributed by atoms with Gasteiger partial charge in [0.15, 0.2) is 5.82 Å². The van der Waals surface area contributed by atoms with Crippen molar-refractivity contribution in [2.24, 2.45) is 16.7 Å². The molecule has 4 aliphatic heterocycles. The normalized spacial score (nSPS) is 22.2. The Morgan fingerprint density at radius 2 is 1.83 bits per heavy atom. The van der Waals surface area contributed by atoms with E-state index in [-0.39, 0.29) is 16.8 Å². The van der Waals surface area contributed by atoms with Gasteiger partial charge in [-0.1, -0.05) is 32.6 Å². The van der Waals surface area contributed by atoms with Gasteiger partial charge in [0, 0.05) is 98.0 Å². The van der Waals surface area contributed by atoms with E-state index in [0.717, 1.165) is 62.2 Å². The molecule has 4 aliphatic rings. The topological polar surface area (TPSA) is 62.5 Å². The Balaban J connectivity index is 0.936. The van der Waals surface area contributed by atoms with Gasteiger partial charge in [-0.3, -0.25) is 0 Å². The van der Waals surface area contributed by atoms with Crippen LogP contribution in [0.5, 0.6) is 0 Å². The van der Waals surface area contributed by atoms with Crippen LogP contribution in [0, 0.1) is 28.4 Å². The molecular formula is C38H45F2N7S. The zero-order valence-electron chi connectivity index (χ0n) is 27.9. The van der Waals surface area contributed by atoms with E-state index in [1.165, 1.54) is 62.4 Å². The predicted molar refractivity (Wildman–Crippen MR) is 194 cm³/mol. The molecule has 1 atom stereocenters. The lowest BCUT2D eigenvalue weighted by Crippen LogP contribution is -2.73. The smallest absolute Gasteiger partial charge is 0.157 e. The Morgan fingerprint density at radius 1 is 1.06 bits per heavy atom. The molecule has 4 aromatic rings. The second-order valence-corrected chi connectivity index (χ2v) is 16.1. The van der Waals surface area contributed by atoms with Crippen LogP contribution < -0.4 is 14.9 Å². The van der Waals surface area contributed by atoms with Gasteiger partial charge < -0.3 is 24.8 Å². The van der Waals surface area contributed by atoms with Gasteiger partial charge in [-0.25, -0.2) is 18.1 Å². The molecule has 6 heterocycles. The van der Waals surface area contributed by atoms with E-state index in [0.29, 0.717) is 28.0 Å². The number of hydrogen-bond donors (Lipinski definition) is 3. The molecule has 2 aromatic carbocycles. The first-order valence-electron chi connectivity index (χ1n) is 17.3. The molecule has 0 amide bonds. The lowest BCUT2D eigenvalue weighted by Gasteiger charge is -2.62. The van der Waals surface area contributed by atoms with Crippen molar-refractivity contribution < 1.29 is 8.78 Å². The lowest BCUT2D eigenvalue weighted by molar-refractivity contribution is -0.0482. The Hall–Kier alpha value is -3.44. The van der Waals surface area contributed by atoms with Gasteiger partial charge in [0.25, 0.3) is 0 Å². The summed E-state index contributed by atoms with van der Waals surface area (Å²) in [6.45, 7) is 18.9. The van der Waals surface area contributed by atoms with Crippen LogP contribution >= 0.6 is 12.1 Å². The van der Waals surface area contributed by atoms with Crippen LogP contribution in [-0.2, 0) is 0 Å². The number of halogens is 2. The molecule has 1 spiro atoms. The maximum atomic E-state index is 15.8. The van der Waals surface area contributed by atoms with Gasteiger partial charge in [-0.2, -0.15) is 0 Å². The van der Waals surface area contributed by atoms with Crippen molar-refractivity contribution in [2.45, 2.75) is 33.1 Å². The largest absolute Gasteiger partial charge is 0.370 e. The fourth-order valence-corrected chi connectivity index (χ4v) is 9.21. The summed E-state index contributed by atoms with van der Waals surface area (Å²) >= 11 is 1.37. The van der Waals surface area contributed by atoms with E-state index in [2.05, 4.69) is 78.8 Å². The first-order chi connectivity index (χ1) is 23.2. The minimum absolute atomic E-state index is 0.131. The molecule has 0 radical (unpaired) electrons. The summed E-state index contributed by atoms with van der Waals surface area (Å²) in [5.74, 6) is -0.682.